The minimum atomic E-state index is -0.277. The van der Waals surface area contributed by atoms with Crippen molar-refractivity contribution < 1.29 is 4.79 Å². The Morgan fingerprint density at radius 1 is 0.903 bits per heavy atom. The first kappa shape index (κ1) is 22.8. The lowest BCUT2D eigenvalue weighted by molar-refractivity contribution is -0.133. The molecule has 1 saturated heterocycles. The predicted octanol–water partition coefficient (Wildman–Crippen LogP) is 3.01. The predicted molar refractivity (Wildman–Crippen MR) is 124 cm³/mol. The zero-order valence-electron chi connectivity index (χ0n) is 19.2. The van der Waals surface area contributed by atoms with Crippen molar-refractivity contribution in [3.05, 3.63) is 62.8 Å². The third-order valence-corrected chi connectivity index (χ3v) is 6.01. The molecule has 0 N–H and O–H groups in total. The Bertz CT molecular complexity index is 1020. The molecule has 0 spiro atoms. The highest BCUT2D eigenvalue weighted by Crippen LogP contribution is 2.24. The average Bonchev–Trinajstić information content (AvgIpc) is 2.74. The van der Waals surface area contributed by atoms with Crippen LogP contribution in [-0.2, 0) is 4.79 Å². The number of hydrogen-bond donors (Lipinski definition) is 0. The summed E-state index contributed by atoms with van der Waals surface area (Å²) in [4.78, 5) is 42.8. The van der Waals surface area contributed by atoms with E-state index in [1.54, 1.807) is 10.6 Å². The zero-order valence-corrected chi connectivity index (χ0v) is 19.2. The lowest BCUT2D eigenvalue weighted by Gasteiger charge is -2.38. The average molecular weight is 427 g/mol. The van der Waals surface area contributed by atoms with Gasteiger partial charge in [-0.05, 0) is 39.7 Å². The number of aromatic nitrogens is 2. The van der Waals surface area contributed by atoms with Crippen LogP contribution in [0, 0.1) is 0 Å². The van der Waals surface area contributed by atoms with Crippen molar-refractivity contribution in [2.45, 2.75) is 59.0 Å². The van der Waals surface area contributed by atoms with Crippen LogP contribution in [0.2, 0.25) is 0 Å². The maximum absolute atomic E-state index is 13.2. The molecule has 1 aromatic carbocycles. The lowest BCUT2D eigenvalue weighted by atomic mass is 9.95. The largest absolute Gasteiger partial charge is 0.354 e. The number of rotatable bonds is 6. The molecule has 2 aromatic rings. The van der Waals surface area contributed by atoms with E-state index >= 15 is 0 Å². The second kappa shape index (κ2) is 9.54. The van der Waals surface area contributed by atoms with Gasteiger partial charge in [0.2, 0.25) is 5.91 Å². The number of amides is 1. The summed E-state index contributed by atoms with van der Waals surface area (Å²) in [7, 11) is 0. The highest BCUT2D eigenvalue weighted by atomic mass is 16.2. The standard InChI is InChI=1S/C24H34N4O3/c1-6-20(19-10-8-7-9-11-19)23(30)26-14-12-25(13-15-26)21-16-22(29)28(18(4)5)24(31)27(21)17(2)3/h7-11,16-18,20H,6,12-15H2,1-5H3. The van der Waals surface area contributed by atoms with E-state index in [2.05, 4.69) is 4.90 Å². The number of nitrogens with zero attached hydrogens (tertiary/aromatic N) is 4. The molecule has 0 bridgehead atoms. The normalized spacial score (nSPS) is 15.6. The van der Waals surface area contributed by atoms with Gasteiger partial charge in [0.1, 0.15) is 5.82 Å². The van der Waals surface area contributed by atoms with Crippen LogP contribution in [0.4, 0.5) is 5.82 Å². The molecular formula is C24H34N4O3. The van der Waals surface area contributed by atoms with Crippen molar-refractivity contribution in [1.82, 2.24) is 14.0 Å². The van der Waals surface area contributed by atoms with Gasteiger partial charge >= 0.3 is 5.69 Å². The fourth-order valence-electron chi connectivity index (χ4n) is 4.38. The number of piperazine rings is 1. The van der Waals surface area contributed by atoms with Gasteiger partial charge in [-0.3, -0.25) is 18.7 Å². The molecule has 3 rings (SSSR count). The van der Waals surface area contributed by atoms with E-state index in [9.17, 15) is 14.4 Å². The summed E-state index contributed by atoms with van der Waals surface area (Å²) in [5, 5.41) is 0. The topological polar surface area (TPSA) is 67.6 Å². The molecule has 1 aliphatic rings. The molecule has 1 atom stereocenters. The molecule has 1 amide bonds. The van der Waals surface area contributed by atoms with Crippen LogP contribution in [0.5, 0.6) is 0 Å². The molecule has 7 nitrogen and oxygen atoms in total. The van der Waals surface area contributed by atoms with E-state index in [1.807, 2.05) is 69.9 Å². The molecule has 2 heterocycles. The van der Waals surface area contributed by atoms with Gasteiger partial charge in [0.05, 0.1) is 5.92 Å². The van der Waals surface area contributed by atoms with Gasteiger partial charge < -0.3 is 9.80 Å². The van der Waals surface area contributed by atoms with E-state index in [0.29, 0.717) is 32.0 Å². The number of carbonyl (C=O) groups is 1. The maximum Gasteiger partial charge on any atom is 0.333 e. The van der Waals surface area contributed by atoms with Crippen molar-refractivity contribution in [1.29, 1.82) is 0 Å². The molecule has 1 unspecified atom stereocenters. The van der Waals surface area contributed by atoms with Gasteiger partial charge in [-0.1, -0.05) is 37.3 Å². The van der Waals surface area contributed by atoms with Crippen LogP contribution in [0.1, 0.15) is 64.6 Å². The monoisotopic (exact) mass is 426 g/mol. The van der Waals surface area contributed by atoms with Gasteiger partial charge in [-0.2, -0.15) is 0 Å². The lowest BCUT2D eigenvalue weighted by Crippen LogP contribution is -2.52. The summed E-state index contributed by atoms with van der Waals surface area (Å²) >= 11 is 0. The van der Waals surface area contributed by atoms with Crippen LogP contribution in [-0.4, -0.2) is 46.1 Å². The van der Waals surface area contributed by atoms with Gasteiger partial charge in [0.15, 0.2) is 0 Å². The Kier molecular flexibility index (Phi) is 7.03. The number of benzene rings is 1. The highest BCUT2D eigenvalue weighted by Gasteiger charge is 2.29. The molecule has 0 aliphatic carbocycles. The summed E-state index contributed by atoms with van der Waals surface area (Å²) in [6.07, 6.45) is 0.753. The molecule has 168 valence electrons. The number of hydrogen-bond acceptors (Lipinski definition) is 4. The second-order valence-electron chi connectivity index (χ2n) is 8.73. The van der Waals surface area contributed by atoms with E-state index in [1.165, 1.54) is 4.57 Å². The minimum absolute atomic E-state index is 0.0738. The number of anilines is 1. The van der Waals surface area contributed by atoms with Crippen molar-refractivity contribution in [2.24, 2.45) is 0 Å². The Morgan fingerprint density at radius 2 is 1.48 bits per heavy atom. The first-order valence-corrected chi connectivity index (χ1v) is 11.2. The van der Waals surface area contributed by atoms with Crippen molar-refractivity contribution >= 4 is 11.7 Å². The Labute approximate surface area is 183 Å². The summed E-state index contributed by atoms with van der Waals surface area (Å²) in [6.45, 7) is 11.9. The molecule has 1 fully saturated rings. The van der Waals surface area contributed by atoms with Crippen molar-refractivity contribution in [2.75, 3.05) is 31.1 Å². The minimum Gasteiger partial charge on any atom is -0.354 e. The Hall–Kier alpha value is -2.83. The summed E-state index contributed by atoms with van der Waals surface area (Å²) in [6, 6.07) is 11.2. The first-order chi connectivity index (χ1) is 14.8. The van der Waals surface area contributed by atoms with Gasteiger partial charge in [0, 0.05) is 44.3 Å². The van der Waals surface area contributed by atoms with E-state index in [0.717, 1.165) is 12.0 Å². The molecule has 1 aromatic heterocycles. The second-order valence-corrected chi connectivity index (χ2v) is 8.73. The molecule has 0 radical (unpaired) electrons. The zero-order chi connectivity index (χ0) is 22.7. The smallest absolute Gasteiger partial charge is 0.333 e. The summed E-state index contributed by atoms with van der Waals surface area (Å²) in [5.74, 6) is 0.644. The van der Waals surface area contributed by atoms with Crippen LogP contribution in [0.3, 0.4) is 0 Å². The van der Waals surface area contributed by atoms with Crippen molar-refractivity contribution in [3.63, 3.8) is 0 Å². The molecule has 31 heavy (non-hydrogen) atoms. The fraction of sp³-hybridized carbons (Fsp3) is 0.542. The summed E-state index contributed by atoms with van der Waals surface area (Å²) in [5.41, 5.74) is 0.491. The quantitative estimate of drug-likeness (QED) is 0.712. The highest BCUT2D eigenvalue weighted by molar-refractivity contribution is 5.84. The summed E-state index contributed by atoms with van der Waals surface area (Å²) < 4.78 is 2.99. The van der Waals surface area contributed by atoms with Gasteiger partial charge in [-0.25, -0.2) is 4.79 Å². The van der Waals surface area contributed by atoms with Gasteiger partial charge in [0.25, 0.3) is 5.56 Å². The van der Waals surface area contributed by atoms with Crippen molar-refractivity contribution in [3.8, 4) is 0 Å². The van der Waals surface area contributed by atoms with E-state index in [4.69, 9.17) is 0 Å². The van der Waals surface area contributed by atoms with Crippen LogP contribution in [0.25, 0.3) is 0 Å². The van der Waals surface area contributed by atoms with Crippen LogP contribution in [0.15, 0.2) is 46.0 Å². The SMILES string of the molecule is CCC(C(=O)N1CCN(c2cc(=O)n(C(C)C)c(=O)n2C(C)C)CC1)c1ccccc1. The molecule has 0 saturated carbocycles. The first-order valence-electron chi connectivity index (χ1n) is 11.2. The third kappa shape index (κ3) is 4.60. The number of carbonyl (C=O) groups excluding carboxylic acids is 1. The molecule has 1 aliphatic heterocycles. The maximum atomic E-state index is 13.2. The van der Waals surface area contributed by atoms with E-state index < -0.39 is 0 Å². The molecule has 7 heteroatoms. The van der Waals surface area contributed by atoms with Crippen LogP contribution >= 0.6 is 0 Å². The van der Waals surface area contributed by atoms with Crippen LogP contribution < -0.4 is 16.1 Å². The fourth-order valence-corrected chi connectivity index (χ4v) is 4.38. The Balaban J connectivity index is 1.82. The third-order valence-electron chi connectivity index (χ3n) is 6.01. The Morgan fingerprint density at radius 3 is 2.00 bits per heavy atom. The van der Waals surface area contributed by atoms with Gasteiger partial charge in [-0.15, -0.1) is 0 Å². The molecular weight excluding hydrogens is 392 g/mol. The van der Waals surface area contributed by atoms with E-state index in [-0.39, 0.29) is 35.2 Å².